The molecule has 3 rings (SSSR count). The van der Waals surface area contributed by atoms with Gasteiger partial charge in [0.25, 0.3) is 0 Å². The minimum atomic E-state index is -4.99. The highest BCUT2D eigenvalue weighted by Gasteiger charge is 2.48. The lowest BCUT2D eigenvalue weighted by Crippen LogP contribution is -2.51. The van der Waals surface area contributed by atoms with E-state index in [0.29, 0.717) is 17.9 Å². The third-order valence-corrected chi connectivity index (χ3v) is 4.45. The van der Waals surface area contributed by atoms with E-state index in [-0.39, 0.29) is 25.6 Å². The van der Waals surface area contributed by atoms with E-state index in [1.54, 1.807) is 4.90 Å². The Labute approximate surface area is 136 Å². The number of nitrogens with zero attached hydrogens (tertiary/aromatic N) is 2. The van der Waals surface area contributed by atoms with E-state index < -0.39 is 36.2 Å². The second-order valence-electron chi connectivity index (χ2n) is 6.29. The summed E-state index contributed by atoms with van der Waals surface area (Å²) in [6, 6.07) is -0.927. The van der Waals surface area contributed by atoms with Crippen molar-refractivity contribution in [3.8, 4) is 0 Å². The summed E-state index contributed by atoms with van der Waals surface area (Å²) in [4.78, 5) is 37.3. The Morgan fingerprint density at radius 2 is 1.96 bits per heavy atom. The maximum absolute atomic E-state index is 12.6. The summed E-state index contributed by atoms with van der Waals surface area (Å²) < 4.78 is 42.8. The molecule has 0 spiro atoms. The number of rotatable bonds is 4. The maximum atomic E-state index is 12.6. The normalized spacial score (nSPS) is 27.4. The smallest absolute Gasteiger partial charge is 0.442 e. The van der Waals surface area contributed by atoms with Crippen LogP contribution in [0.1, 0.15) is 25.7 Å². The fourth-order valence-corrected chi connectivity index (χ4v) is 3.11. The van der Waals surface area contributed by atoms with Crippen LogP contribution in [-0.2, 0) is 14.3 Å². The topological polar surface area (TPSA) is 79.0 Å². The van der Waals surface area contributed by atoms with Crippen LogP contribution in [0, 0.1) is 0 Å². The van der Waals surface area contributed by atoms with Gasteiger partial charge in [0.2, 0.25) is 5.91 Å². The van der Waals surface area contributed by atoms with Gasteiger partial charge in [0.15, 0.2) is 0 Å². The van der Waals surface area contributed by atoms with Crippen molar-refractivity contribution in [2.24, 2.45) is 0 Å². The first-order valence-electron chi connectivity index (χ1n) is 7.90. The van der Waals surface area contributed by atoms with Gasteiger partial charge in [-0.15, -0.1) is 0 Å². The molecule has 0 aromatic carbocycles. The van der Waals surface area contributed by atoms with Crippen LogP contribution < -0.4 is 5.32 Å². The molecule has 3 fully saturated rings. The van der Waals surface area contributed by atoms with E-state index >= 15 is 0 Å². The molecule has 3 aliphatic rings. The number of hydrogen-bond donors (Lipinski definition) is 1. The molecule has 10 heteroatoms. The molecule has 2 atom stereocenters. The molecule has 134 valence electrons. The lowest BCUT2D eigenvalue weighted by molar-refractivity contribution is -0.186. The predicted molar refractivity (Wildman–Crippen MR) is 73.8 cm³/mol. The number of carbonyl (C=O) groups is 3. The van der Waals surface area contributed by atoms with Crippen LogP contribution in [0.2, 0.25) is 0 Å². The Kier molecular flexibility index (Phi) is 4.31. The Morgan fingerprint density at radius 1 is 1.25 bits per heavy atom. The van der Waals surface area contributed by atoms with Crippen LogP contribution in [0.5, 0.6) is 0 Å². The van der Waals surface area contributed by atoms with Crippen molar-refractivity contribution >= 4 is 17.9 Å². The first-order chi connectivity index (χ1) is 11.3. The Hall–Kier alpha value is -2.00. The van der Waals surface area contributed by atoms with Gasteiger partial charge < -0.3 is 19.9 Å². The fourth-order valence-electron chi connectivity index (χ4n) is 3.11. The average molecular weight is 349 g/mol. The molecule has 0 aromatic heterocycles. The van der Waals surface area contributed by atoms with Crippen LogP contribution in [0.25, 0.3) is 0 Å². The number of likely N-dealkylation sites (tertiary alicyclic amines) is 1. The Balaban J connectivity index is 1.51. The van der Waals surface area contributed by atoms with Crippen LogP contribution >= 0.6 is 0 Å². The number of halogens is 3. The summed E-state index contributed by atoms with van der Waals surface area (Å²) in [5.41, 5.74) is 0. The molecule has 1 aliphatic carbocycles. The molecule has 7 nitrogen and oxygen atoms in total. The van der Waals surface area contributed by atoms with E-state index in [1.807, 2.05) is 0 Å². The van der Waals surface area contributed by atoms with Gasteiger partial charge >= 0.3 is 18.2 Å². The van der Waals surface area contributed by atoms with Crippen molar-refractivity contribution in [3.05, 3.63) is 0 Å². The predicted octanol–water partition coefficient (Wildman–Crippen LogP) is 0.639. The number of nitrogens with one attached hydrogen (secondary N) is 1. The van der Waals surface area contributed by atoms with Gasteiger partial charge in [0.1, 0.15) is 12.1 Å². The molecule has 1 saturated carbocycles. The standard InChI is InChI=1S/C14H18F3N3O4/c15-14(16,17)12(22)19-5-1-2-10(19)11(21)18-6-9-7-20(8-3-4-8)13(23)24-9/h8-10H,1-7H2,(H,18,21). The van der Waals surface area contributed by atoms with E-state index in [2.05, 4.69) is 5.32 Å². The van der Waals surface area contributed by atoms with E-state index in [0.717, 1.165) is 12.8 Å². The number of amides is 3. The lowest BCUT2D eigenvalue weighted by Gasteiger charge is -2.25. The van der Waals surface area contributed by atoms with Gasteiger partial charge in [-0.05, 0) is 25.7 Å². The van der Waals surface area contributed by atoms with Crippen molar-refractivity contribution in [1.29, 1.82) is 0 Å². The van der Waals surface area contributed by atoms with Crippen molar-refractivity contribution < 1.29 is 32.3 Å². The van der Waals surface area contributed by atoms with Gasteiger partial charge in [-0.25, -0.2) is 4.79 Å². The summed E-state index contributed by atoms with van der Waals surface area (Å²) in [5.74, 6) is -2.64. The molecule has 2 heterocycles. The van der Waals surface area contributed by atoms with Crippen LogP contribution in [0.3, 0.4) is 0 Å². The molecule has 0 bridgehead atoms. The van der Waals surface area contributed by atoms with Gasteiger partial charge in [0, 0.05) is 12.6 Å². The molecule has 1 N–H and O–H groups in total. The summed E-state index contributed by atoms with van der Waals surface area (Å²) in [6.07, 6.45) is -3.54. The molecule has 2 unspecified atom stereocenters. The molecule has 2 aliphatic heterocycles. The third-order valence-electron chi connectivity index (χ3n) is 4.45. The molecule has 0 radical (unpaired) electrons. The lowest BCUT2D eigenvalue weighted by atomic mass is 10.2. The zero-order chi connectivity index (χ0) is 17.5. The Bertz CT molecular complexity index is 550. The van der Waals surface area contributed by atoms with Gasteiger partial charge in [-0.1, -0.05) is 0 Å². The van der Waals surface area contributed by atoms with Gasteiger partial charge in [0.05, 0.1) is 13.1 Å². The molecule has 0 aromatic rings. The molecule has 3 amide bonds. The van der Waals surface area contributed by atoms with E-state index in [9.17, 15) is 27.6 Å². The van der Waals surface area contributed by atoms with Crippen LogP contribution in [0.4, 0.5) is 18.0 Å². The quantitative estimate of drug-likeness (QED) is 0.808. The number of hydrogen-bond acceptors (Lipinski definition) is 4. The number of carbonyl (C=O) groups excluding carboxylic acids is 3. The first-order valence-corrected chi connectivity index (χ1v) is 7.90. The number of cyclic esters (lactones) is 1. The minimum absolute atomic E-state index is 0.0261. The fraction of sp³-hybridized carbons (Fsp3) is 0.786. The van der Waals surface area contributed by atoms with Crippen molar-refractivity contribution in [2.75, 3.05) is 19.6 Å². The molecular weight excluding hydrogens is 331 g/mol. The van der Waals surface area contributed by atoms with Gasteiger partial charge in [-0.2, -0.15) is 13.2 Å². The highest BCUT2D eigenvalue weighted by molar-refractivity contribution is 5.90. The van der Waals surface area contributed by atoms with Crippen LogP contribution in [0.15, 0.2) is 0 Å². The van der Waals surface area contributed by atoms with Crippen LogP contribution in [-0.4, -0.2) is 71.7 Å². The summed E-state index contributed by atoms with van der Waals surface area (Å²) in [7, 11) is 0. The molecule has 24 heavy (non-hydrogen) atoms. The monoisotopic (exact) mass is 349 g/mol. The van der Waals surface area contributed by atoms with Crippen molar-refractivity contribution in [2.45, 2.75) is 50.0 Å². The number of ether oxygens (including phenoxy) is 1. The minimum Gasteiger partial charge on any atom is -0.442 e. The summed E-state index contributed by atoms with van der Waals surface area (Å²) in [5, 5.41) is 2.50. The summed E-state index contributed by atoms with van der Waals surface area (Å²) in [6.45, 7) is 0.294. The largest absolute Gasteiger partial charge is 0.471 e. The van der Waals surface area contributed by atoms with Crippen molar-refractivity contribution in [3.63, 3.8) is 0 Å². The maximum Gasteiger partial charge on any atom is 0.471 e. The number of alkyl halides is 3. The first kappa shape index (κ1) is 16.8. The van der Waals surface area contributed by atoms with Gasteiger partial charge in [-0.3, -0.25) is 9.59 Å². The zero-order valence-electron chi connectivity index (χ0n) is 12.8. The molecular formula is C14H18F3N3O4. The zero-order valence-corrected chi connectivity index (χ0v) is 12.8. The SMILES string of the molecule is O=C(NCC1CN(C2CC2)C(=O)O1)C1CCCN1C(=O)C(F)(F)F. The average Bonchev–Trinajstić information content (AvgIpc) is 3.10. The Morgan fingerprint density at radius 3 is 2.58 bits per heavy atom. The third kappa shape index (κ3) is 3.41. The second kappa shape index (κ2) is 6.14. The highest BCUT2D eigenvalue weighted by atomic mass is 19.4. The van der Waals surface area contributed by atoms with E-state index in [1.165, 1.54) is 0 Å². The summed E-state index contributed by atoms with van der Waals surface area (Å²) >= 11 is 0. The molecule has 2 saturated heterocycles. The highest BCUT2D eigenvalue weighted by Crippen LogP contribution is 2.30. The second-order valence-corrected chi connectivity index (χ2v) is 6.29. The van der Waals surface area contributed by atoms with E-state index in [4.69, 9.17) is 4.74 Å². The van der Waals surface area contributed by atoms with Crippen molar-refractivity contribution in [1.82, 2.24) is 15.1 Å².